The molecule has 0 radical (unpaired) electrons. The Morgan fingerprint density at radius 1 is 1.25 bits per heavy atom. The highest BCUT2D eigenvalue weighted by atomic mass is 16.2. The third kappa shape index (κ3) is 4.04. The van der Waals surface area contributed by atoms with Gasteiger partial charge in [-0.15, -0.1) is 0 Å². The first-order valence-corrected chi connectivity index (χ1v) is 9.31. The molecule has 0 aromatic carbocycles. The maximum absolute atomic E-state index is 13.1. The molecular weight excluding hydrogens is 302 g/mol. The van der Waals surface area contributed by atoms with Gasteiger partial charge in [-0.1, -0.05) is 6.92 Å². The number of anilines is 1. The number of hydrogen-bond donors (Lipinski definition) is 1. The number of nitrogens with one attached hydrogen (secondary N) is 1. The van der Waals surface area contributed by atoms with Crippen LogP contribution in [0.3, 0.4) is 0 Å². The summed E-state index contributed by atoms with van der Waals surface area (Å²) >= 11 is 0. The van der Waals surface area contributed by atoms with Gasteiger partial charge in [0, 0.05) is 44.0 Å². The summed E-state index contributed by atoms with van der Waals surface area (Å²) in [4.78, 5) is 26.0. The van der Waals surface area contributed by atoms with E-state index >= 15 is 0 Å². The van der Waals surface area contributed by atoms with Gasteiger partial charge in [0.05, 0.1) is 6.20 Å². The highest BCUT2D eigenvalue weighted by molar-refractivity contribution is 5.79. The zero-order chi connectivity index (χ0) is 16.8. The third-order valence-electron chi connectivity index (χ3n) is 5.21. The van der Waals surface area contributed by atoms with E-state index in [2.05, 4.69) is 32.0 Å². The Morgan fingerprint density at radius 3 is 2.62 bits per heavy atom. The average Bonchev–Trinajstić information content (AvgIpc) is 2.67. The lowest BCUT2D eigenvalue weighted by Crippen LogP contribution is -2.50. The highest BCUT2D eigenvalue weighted by Crippen LogP contribution is 2.25. The second kappa shape index (κ2) is 8.42. The quantitative estimate of drug-likeness (QED) is 0.889. The van der Waals surface area contributed by atoms with Gasteiger partial charge in [0.15, 0.2) is 0 Å². The number of carbonyl (C=O) groups excluding carboxylic acids is 1. The van der Waals surface area contributed by atoms with Crippen LogP contribution < -0.4 is 10.2 Å². The van der Waals surface area contributed by atoms with Crippen molar-refractivity contribution < 1.29 is 4.79 Å². The summed E-state index contributed by atoms with van der Waals surface area (Å²) in [7, 11) is 0. The van der Waals surface area contributed by atoms with E-state index in [1.165, 1.54) is 0 Å². The van der Waals surface area contributed by atoms with Crippen LogP contribution in [0.4, 0.5) is 5.82 Å². The fourth-order valence-corrected chi connectivity index (χ4v) is 3.88. The normalized spacial score (nSPS) is 20.1. The van der Waals surface area contributed by atoms with E-state index < -0.39 is 0 Å². The fraction of sp³-hybridized carbons (Fsp3) is 0.722. The second-order valence-electron chi connectivity index (χ2n) is 6.84. The molecule has 2 aliphatic heterocycles. The van der Waals surface area contributed by atoms with Crippen molar-refractivity contribution in [2.75, 3.05) is 37.6 Å². The van der Waals surface area contributed by atoms with Gasteiger partial charge in [-0.25, -0.2) is 4.98 Å². The molecule has 0 saturated carbocycles. The molecule has 132 valence electrons. The molecule has 0 aliphatic carbocycles. The highest BCUT2D eigenvalue weighted by Gasteiger charge is 2.32. The lowest BCUT2D eigenvalue weighted by Gasteiger charge is -2.39. The number of amides is 1. The second-order valence-corrected chi connectivity index (χ2v) is 6.84. The van der Waals surface area contributed by atoms with Crippen LogP contribution >= 0.6 is 0 Å². The number of piperidine rings is 2. The summed E-state index contributed by atoms with van der Waals surface area (Å²) in [6.45, 7) is 6.90. The third-order valence-corrected chi connectivity index (χ3v) is 5.21. The molecule has 6 nitrogen and oxygen atoms in total. The molecule has 1 aromatic rings. The zero-order valence-electron chi connectivity index (χ0n) is 14.7. The van der Waals surface area contributed by atoms with Crippen LogP contribution in [0.2, 0.25) is 0 Å². The zero-order valence-corrected chi connectivity index (χ0v) is 14.7. The molecule has 1 aromatic heterocycles. The van der Waals surface area contributed by atoms with Crippen LogP contribution in [0.5, 0.6) is 0 Å². The number of aromatic nitrogens is 2. The summed E-state index contributed by atoms with van der Waals surface area (Å²) < 4.78 is 0. The smallest absolute Gasteiger partial charge is 0.226 e. The number of nitrogens with zero attached hydrogens (tertiary/aromatic N) is 4. The van der Waals surface area contributed by atoms with Gasteiger partial charge in [0.2, 0.25) is 5.91 Å². The predicted molar refractivity (Wildman–Crippen MR) is 94.9 cm³/mol. The maximum Gasteiger partial charge on any atom is 0.226 e. The molecule has 2 aliphatic rings. The van der Waals surface area contributed by atoms with Crippen LogP contribution in [0, 0.1) is 5.92 Å². The van der Waals surface area contributed by atoms with Gasteiger partial charge in [0.25, 0.3) is 0 Å². The summed E-state index contributed by atoms with van der Waals surface area (Å²) in [5.74, 6) is 1.47. The number of carbonyl (C=O) groups is 1. The molecule has 0 bridgehead atoms. The summed E-state index contributed by atoms with van der Waals surface area (Å²) in [5.41, 5.74) is 0. The van der Waals surface area contributed by atoms with Crippen LogP contribution in [0.1, 0.15) is 39.0 Å². The summed E-state index contributed by atoms with van der Waals surface area (Å²) in [5, 5.41) is 3.40. The van der Waals surface area contributed by atoms with Crippen molar-refractivity contribution in [3.63, 3.8) is 0 Å². The van der Waals surface area contributed by atoms with Crippen molar-refractivity contribution in [1.29, 1.82) is 0 Å². The molecule has 0 atom stereocenters. The Hall–Kier alpha value is -1.69. The van der Waals surface area contributed by atoms with Gasteiger partial charge in [-0.05, 0) is 45.2 Å². The van der Waals surface area contributed by atoms with E-state index in [1.54, 1.807) is 18.6 Å². The molecule has 1 N–H and O–H groups in total. The Labute approximate surface area is 144 Å². The maximum atomic E-state index is 13.1. The predicted octanol–water partition coefficient (Wildman–Crippen LogP) is 1.68. The van der Waals surface area contributed by atoms with Crippen molar-refractivity contribution in [2.24, 2.45) is 5.92 Å². The molecule has 0 spiro atoms. The van der Waals surface area contributed by atoms with Crippen LogP contribution in [-0.4, -0.2) is 59.5 Å². The van der Waals surface area contributed by atoms with Gasteiger partial charge in [0.1, 0.15) is 5.82 Å². The Kier molecular flexibility index (Phi) is 6.01. The van der Waals surface area contributed by atoms with E-state index in [0.717, 1.165) is 70.6 Å². The molecule has 24 heavy (non-hydrogen) atoms. The Balaban J connectivity index is 1.58. The van der Waals surface area contributed by atoms with Crippen molar-refractivity contribution in [1.82, 2.24) is 20.2 Å². The van der Waals surface area contributed by atoms with Crippen molar-refractivity contribution in [3.05, 3.63) is 18.6 Å². The molecular formula is C18H29N5O. The van der Waals surface area contributed by atoms with E-state index in [1.807, 2.05) is 0 Å². The molecule has 2 saturated heterocycles. The van der Waals surface area contributed by atoms with Crippen LogP contribution in [0.25, 0.3) is 0 Å². The summed E-state index contributed by atoms with van der Waals surface area (Å²) in [6, 6.07) is 0.428. The molecule has 6 heteroatoms. The fourth-order valence-electron chi connectivity index (χ4n) is 3.88. The lowest BCUT2D eigenvalue weighted by atomic mass is 9.93. The van der Waals surface area contributed by atoms with E-state index in [-0.39, 0.29) is 5.92 Å². The topological polar surface area (TPSA) is 61.4 Å². The molecule has 3 rings (SSSR count). The van der Waals surface area contributed by atoms with E-state index in [9.17, 15) is 4.79 Å². The lowest BCUT2D eigenvalue weighted by molar-refractivity contribution is -0.139. The van der Waals surface area contributed by atoms with Crippen molar-refractivity contribution in [3.8, 4) is 0 Å². The first-order valence-electron chi connectivity index (χ1n) is 9.31. The van der Waals surface area contributed by atoms with Crippen LogP contribution in [-0.2, 0) is 4.79 Å². The molecule has 3 heterocycles. The Bertz CT molecular complexity index is 509. The minimum atomic E-state index is 0.166. The van der Waals surface area contributed by atoms with Crippen LogP contribution in [0.15, 0.2) is 18.6 Å². The van der Waals surface area contributed by atoms with Gasteiger partial charge >= 0.3 is 0 Å². The number of hydrogen-bond acceptors (Lipinski definition) is 5. The monoisotopic (exact) mass is 331 g/mol. The number of rotatable bonds is 5. The van der Waals surface area contributed by atoms with E-state index in [0.29, 0.717) is 11.9 Å². The van der Waals surface area contributed by atoms with Gasteiger partial charge in [-0.3, -0.25) is 9.78 Å². The largest absolute Gasteiger partial charge is 0.355 e. The first kappa shape index (κ1) is 17.1. The standard InChI is InChI=1S/C18H29N5O/c1-2-11-23(16-3-7-19-8-4-16)18(24)15-5-12-22(13-6-15)17-14-20-9-10-21-17/h9-10,14-16,19H,2-8,11-13H2,1H3. The van der Waals surface area contributed by atoms with Gasteiger partial charge in [-0.2, -0.15) is 0 Å². The SMILES string of the molecule is CCCN(C(=O)C1CCN(c2cnccn2)CC1)C1CCNCC1. The molecule has 0 unspecified atom stereocenters. The summed E-state index contributed by atoms with van der Waals surface area (Å²) in [6.07, 6.45) is 10.3. The minimum Gasteiger partial charge on any atom is -0.355 e. The molecule has 2 fully saturated rings. The van der Waals surface area contributed by atoms with E-state index in [4.69, 9.17) is 0 Å². The first-order chi connectivity index (χ1) is 11.8. The van der Waals surface area contributed by atoms with Crippen molar-refractivity contribution in [2.45, 2.75) is 45.1 Å². The average molecular weight is 331 g/mol. The molecule has 1 amide bonds. The van der Waals surface area contributed by atoms with Crippen molar-refractivity contribution >= 4 is 11.7 Å². The van der Waals surface area contributed by atoms with Gasteiger partial charge < -0.3 is 15.1 Å². The Morgan fingerprint density at radius 2 is 2.00 bits per heavy atom. The minimum absolute atomic E-state index is 0.166.